The van der Waals surface area contributed by atoms with Gasteiger partial charge in [-0.15, -0.1) is 6.58 Å². The Bertz CT molecular complexity index is 1110. The summed E-state index contributed by atoms with van der Waals surface area (Å²) in [6, 6.07) is 4.31. The molecule has 0 aliphatic heterocycles. The first-order valence-electron chi connectivity index (χ1n) is 8.62. The molecular weight excluding hydrogens is 354 g/mol. The van der Waals surface area contributed by atoms with Crippen LogP contribution in [0.25, 0.3) is 10.9 Å². The lowest BCUT2D eigenvalue weighted by Gasteiger charge is -2.15. The number of benzene rings is 1. The molecule has 140 valence electrons. The molecule has 1 aliphatic rings. The van der Waals surface area contributed by atoms with E-state index in [4.69, 9.17) is 0 Å². The summed E-state index contributed by atoms with van der Waals surface area (Å²) < 4.78 is 30.8. The molecule has 1 N–H and O–H groups in total. The van der Waals surface area contributed by atoms with Gasteiger partial charge in [0.25, 0.3) is 5.56 Å². The molecule has 0 unspecified atom stereocenters. The molecule has 2 atom stereocenters. The van der Waals surface area contributed by atoms with Gasteiger partial charge in [0.1, 0.15) is 0 Å². The van der Waals surface area contributed by atoms with E-state index < -0.39 is 21.1 Å². The van der Waals surface area contributed by atoms with Crippen LogP contribution in [0.2, 0.25) is 0 Å². The molecule has 1 aromatic heterocycles. The van der Waals surface area contributed by atoms with Crippen molar-refractivity contribution in [1.29, 1.82) is 0 Å². The van der Waals surface area contributed by atoms with Crippen LogP contribution in [0.3, 0.4) is 0 Å². The van der Waals surface area contributed by atoms with Gasteiger partial charge >= 0.3 is 5.69 Å². The van der Waals surface area contributed by atoms with Crippen molar-refractivity contribution in [3.8, 4) is 0 Å². The van der Waals surface area contributed by atoms with E-state index in [9.17, 15) is 18.0 Å². The Labute approximate surface area is 152 Å². The quantitative estimate of drug-likeness (QED) is 0.772. The molecule has 8 heteroatoms. The average molecular weight is 377 g/mol. The first-order valence-corrected chi connectivity index (χ1v) is 10.1. The standard InChI is InChI=1S/C18H23N3O4S/c1-5-12-11-18(12,4)19-26(24,25)13-8-9-15-14(10-13)16(22)21(7-3)17(23)20(15)6-2/h5,8-10,12,19H,1,6-7,11H2,2-4H3/t12-,18+/m1/s1. The average Bonchev–Trinajstić information content (AvgIpc) is 3.24. The second-order valence-corrected chi connectivity index (χ2v) is 8.51. The van der Waals surface area contributed by atoms with E-state index in [1.807, 2.05) is 6.92 Å². The number of nitrogens with zero attached hydrogens (tertiary/aromatic N) is 2. The van der Waals surface area contributed by atoms with Crippen molar-refractivity contribution in [2.45, 2.75) is 50.7 Å². The number of sulfonamides is 1. The summed E-state index contributed by atoms with van der Waals surface area (Å²) in [5.41, 5.74) is -0.967. The van der Waals surface area contributed by atoms with Crippen molar-refractivity contribution in [1.82, 2.24) is 13.9 Å². The number of hydrogen-bond donors (Lipinski definition) is 1. The van der Waals surface area contributed by atoms with Crippen LogP contribution in [0.4, 0.5) is 0 Å². The lowest BCUT2D eigenvalue weighted by molar-refractivity contribution is 0.550. The third-order valence-electron chi connectivity index (χ3n) is 5.09. The van der Waals surface area contributed by atoms with Crippen LogP contribution >= 0.6 is 0 Å². The minimum atomic E-state index is -3.79. The summed E-state index contributed by atoms with van der Waals surface area (Å²) >= 11 is 0. The summed E-state index contributed by atoms with van der Waals surface area (Å²) in [5, 5.41) is 0.220. The first kappa shape index (κ1) is 18.6. The zero-order valence-corrected chi connectivity index (χ0v) is 16.0. The number of fused-ring (bicyclic) bond motifs is 1. The molecule has 1 fully saturated rings. The molecule has 7 nitrogen and oxygen atoms in total. The van der Waals surface area contributed by atoms with Crippen molar-refractivity contribution < 1.29 is 8.42 Å². The maximum Gasteiger partial charge on any atom is 0.331 e. The molecule has 0 spiro atoms. The highest BCUT2D eigenvalue weighted by Crippen LogP contribution is 2.44. The summed E-state index contributed by atoms with van der Waals surface area (Å²) in [6.45, 7) is 9.67. The van der Waals surface area contributed by atoms with Gasteiger partial charge in [0.05, 0.1) is 15.8 Å². The lowest BCUT2D eigenvalue weighted by Crippen LogP contribution is -2.39. The first-order chi connectivity index (χ1) is 12.2. The van der Waals surface area contributed by atoms with Gasteiger partial charge in [-0.25, -0.2) is 17.9 Å². The van der Waals surface area contributed by atoms with Crippen LogP contribution in [0.15, 0.2) is 45.3 Å². The van der Waals surface area contributed by atoms with Crippen molar-refractivity contribution in [2.24, 2.45) is 5.92 Å². The molecule has 0 radical (unpaired) electrons. The lowest BCUT2D eigenvalue weighted by atomic mass is 10.2. The Morgan fingerprint density at radius 3 is 2.46 bits per heavy atom. The van der Waals surface area contributed by atoms with E-state index in [1.54, 1.807) is 19.9 Å². The van der Waals surface area contributed by atoms with Crippen molar-refractivity contribution >= 4 is 20.9 Å². The molecule has 1 aliphatic carbocycles. The van der Waals surface area contributed by atoms with Gasteiger partial charge in [0.2, 0.25) is 10.0 Å². The minimum Gasteiger partial charge on any atom is -0.293 e. The van der Waals surface area contributed by atoms with E-state index in [1.165, 1.54) is 22.8 Å². The second-order valence-electron chi connectivity index (χ2n) is 6.82. The van der Waals surface area contributed by atoms with Crippen LogP contribution in [0.1, 0.15) is 27.2 Å². The van der Waals surface area contributed by atoms with Crippen molar-refractivity contribution in [3.63, 3.8) is 0 Å². The predicted octanol–water partition coefficient (Wildman–Crippen LogP) is 1.45. The topological polar surface area (TPSA) is 90.2 Å². The van der Waals surface area contributed by atoms with Crippen molar-refractivity contribution in [2.75, 3.05) is 0 Å². The molecule has 1 heterocycles. The molecule has 0 amide bonds. The smallest absolute Gasteiger partial charge is 0.293 e. The Kier molecular flexibility index (Phi) is 4.44. The number of nitrogens with one attached hydrogen (secondary N) is 1. The van der Waals surface area contributed by atoms with Crippen molar-refractivity contribution in [3.05, 3.63) is 51.7 Å². The second kappa shape index (κ2) is 6.21. The van der Waals surface area contributed by atoms with Crippen LogP contribution in [-0.4, -0.2) is 23.1 Å². The maximum atomic E-state index is 12.8. The molecule has 1 aromatic carbocycles. The van der Waals surface area contributed by atoms with Gasteiger partial charge < -0.3 is 0 Å². The fraction of sp³-hybridized carbons (Fsp3) is 0.444. The van der Waals surface area contributed by atoms with E-state index in [2.05, 4.69) is 11.3 Å². The van der Waals surface area contributed by atoms with Crippen LogP contribution in [0, 0.1) is 5.92 Å². The Balaban J connectivity index is 2.17. The number of hydrogen-bond acceptors (Lipinski definition) is 4. The van der Waals surface area contributed by atoms with Gasteiger partial charge in [-0.3, -0.25) is 13.9 Å². The molecule has 1 saturated carbocycles. The SMILES string of the molecule is C=C[C@@H]1C[C@]1(C)NS(=O)(=O)c1ccc2c(c1)c(=O)n(CC)c(=O)n2CC. The van der Waals surface area contributed by atoms with E-state index in [0.717, 1.165) is 4.57 Å². The van der Waals surface area contributed by atoms with Gasteiger partial charge in [0.15, 0.2) is 0 Å². The summed E-state index contributed by atoms with van der Waals surface area (Å²) in [5.74, 6) is 0.0975. The Morgan fingerprint density at radius 1 is 1.27 bits per heavy atom. The molecule has 0 bridgehead atoms. The summed E-state index contributed by atoms with van der Waals surface area (Å²) in [7, 11) is -3.79. The summed E-state index contributed by atoms with van der Waals surface area (Å²) in [6.07, 6.45) is 2.43. The number of aryl methyl sites for hydroxylation is 1. The number of aromatic nitrogens is 2. The third kappa shape index (κ3) is 2.83. The Morgan fingerprint density at radius 2 is 1.92 bits per heavy atom. The van der Waals surface area contributed by atoms with Gasteiger partial charge in [0, 0.05) is 18.6 Å². The third-order valence-corrected chi connectivity index (χ3v) is 6.70. The van der Waals surface area contributed by atoms with Crippen LogP contribution in [-0.2, 0) is 23.1 Å². The highest BCUT2D eigenvalue weighted by atomic mass is 32.2. The molecule has 26 heavy (non-hydrogen) atoms. The zero-order chi connectivity index (χ0) is 19.3. The minimum absolute atomic E-state index is 0.0157. The van der Waals surface area contributed by atoms with Gasteiger partial charge in [-0.05, 0) is 51.3 Å². The highest BCUT2D eigenvalue weighted by molar-refractivity contribution is 7.89. The van der Waals surface area contributed by atoms with Gasteiger partial charge in [-0.1, -0.05) is 6.08 Å². The zero-order valence-electron chi connectivity index (χ0n) is 15.2. The molecule has 2 aromatic rings. The molecule has 0 saturated heterocycles. The van der Waals surface area contributed by atoms with Gasteiger partial charge in [-0.2, -0.15) is 0 Å². The largest absolute Gasteiger partial charge is 0.331 e. The maximum absolute atomic E-state index is 12.8. The fourth-order valence-electron chi connectivity index (χ4n) is 3.38. The summed E-state index contributed by atoms with van der Waals surface area (Å²) in [4.78, 5) is 25.1. The Hall–Kier alpha value is -2.19. The number of rotatable bonds is 6. The predicted molar refractivity (Wildman–Crippen MR) is 101 cm³/mol. The normalized spacial score (nSPS) is 22.5. The van der Waals surface area contributed by atoms with E-state index in [0.29, 0.717) is 18.5 Å². The van der Waals surface area contributed by atoms with Crippen LogP contribution in [0.5, 0.6) is 0 Å². The van der Waals surface area contributed by atoms with E-state index in [-0.39, 0.29) is 28.4 Å². The van der Waals surface area contributed by atoms with E-state index >= 15 is 0 Å². The molecular formula is C18H23N3O4S. The highest BCUT2D eigenvalue weighted by Gasteiger charge is 2.50. The monoisotopic (exact) mass is 377 g/mol. The van der Waals surface area contributed by atoms with Crippen LogP contribution < -0.4 is 16.0 Å². The molecule has 3 rings (SSSR count). The fourth-order valence-corrected chi connectivity index (χ4v) is 4.87.